The topological polar surface area (TPSA) is 20.2 Å². The van der Waals surface area contributed by atoms with E-state index in [1.54, 1.807) is 24.8 Å². The van der Waals surface area contributed by atoms with Gasteiger partial charge in [0.15, 0.2) is 0 Å². The Labute approximate surface area is 127 Å². The van der Waals surface area contributed by atoms with Crippen LogP contribution in [-0.4, -0.2) is 5.11 Å². The Morgan fingerprint density at radius 3 is 2.37 bits per heavy atom. The third-order valence-electron chi connectivity index (χ3n) is 2.77. The van der Waals surface area contributed by atoms with Gasteiger partial charge in [0.1, 0.15) is 0 Å². The zero-order valence-electron chi connectivity index (χ0n) is 10.4. The first kappa shape index (κ1) is 14.7. The predicted octanol–water partition coefficient (Wildman–Crippen LogP) is 5.34. The summed E-state index contributed by atoms with van der Waals surface area (Å²) in [4.78, 5) is 1.15. The third-order valence-corrected chi connectivity index (χ3v) is 4.42. The maximum atomic E-state index is 9.45. The van der Waals surface area contributed by atoms with Gasteiger partial charge >= 0.3 is 0 Å². The van der Waals surface area contributed by atoms with Crippen molar-refractivity contribution in [3.8, 4) is 0 Å². The highest BCUT2D eigenvalue weighted by atomic mass is 35.5. The first-order valence-electron chi connectivity index (χ1n) is 5.91. The van der Waals surface area contributed by atoms with Gasteiger partial charge < -0.3 is 5.11 Å². The Bertz CT molecular complexity index is 553. The number of aliphatic hydroxyl groups excluding tert-OH is 1. The van der Waals surface area contributed by atoms with Crippen molar-refractivity contribution in [3.05, 3.63) is 63.6 Å². The molecule has 0 bridgehead atoms. The van der Waals surface area contributed by atoms with Gasteiger partial charge in [-0.25, -0.2) is 0 Å². The molecule has 0 aliphatic carbocycles. The molecule has 0 heterocycles. The lowest BCUT2D eigenvalue weighted by Crippen LogP contribution is -1.89. The summed E-state index contributed by atoms with van der Waals surface area (Å²) in [5, 5.41) is 10.8. The van der Waals surface area contributed by atoms with E-state index in [1.807, 2.05) is 36.4 Å². The molecular formula is C15H14Cl2OS. The minimum Gasteiger partial charge on any atom is -0.389 e. The van der Waals surface area contributed by atoms with E-state index in [-0.39, 0.29) is 0 Å². The minimum atomic E-state index is -0.426. The molecule has 0 spiro atoms. The molecule has 0 aliphatic heterocycles. The zero-order chi connectivity index (χ0) is 13.8. The van der Waals surface area contributed by atoms with E-state index < -0.39 is 6.10 Å². The van der Waals surface area contributed by atoms with Gasteiger partial charge in [0, 0.05) is 20.7 Å². The Morgan fingerprint density at radius 1 is 1.11 bits per heavy atom. The lowest BCUT2D eigenvalue weighted by molar-refractivity contribution is 0.199. The van der Waals surface area contributed by atoms with Crippen LogP contribution in [0.3, 0.4) is 0 Å². The van der Waals surface area contributed by atoms with Gasteiger partial charge in [-0.05, 0) is 42.3 Å². The largest absolute Gasteiger partial charge is 0.389 e. The van der Waals surface area contributed by atoms with E-state index in [0.29, 0.717) is 10.0 Å². The number of thioether (sulfide) groups is 1. The average Bonchev–Trinajstić information content (AvgIpc) is 2.38. The Kier molecular flexibility index (Phi) is 5.17. The number of halogens is 2. The standard InChI is InChI=1S/C15H14Cl2OS/c1-10(18)11-3-6-14(7-4-11)19-9-12-2-5-13(16)8-15(12)17/h2-8,10,18H,9H2,1H3. The Hall–Kier alpha value is -0.670. The molecule has 1 N–H and O–H groups in total. The van der Waals surface area contributed by atoms with Crippen molar-refractivity contribution in [2.45, 2.75) is 23.7 Å². The summed E-state index contributed by atoms with van der Waals surface area (Å²) >= 11 is 13.7. The number of benzene rings is 2. The van der Waals surface area contributed by atoms with Crippen LogP contribution in [0.2, 0.25) is 10.0 Å². The maximum absolute atomic E-state index is 9.45. The fourth-order valence-electron chi connectivity index (χ4n) is 1.64. The molecular weight excluding hydrogens is 299 g/mol. The number of hydrogen-bond donors (Lipinski definition) is 1. The second-order valence-electron chi connectivity index (χ2n) is 4.27. The summed E-state index contributed by atoms with van der Waals surface area (Å²) in [5.74, 6) is 0.796. The van der Waals surface area contributed by atoms with E-state index in [1.165, 1.54) is 0 Å². The second-order valence-corrected chi connectivity index (χ2v) is 6.16. The van der Waals surface area contributed by atoms with Gasteiger partial charge in [-0.3, -0.25) is 0 Å². The molecule has 2 rings (SSSR count). The molecule has 4 heteroatoms. The van der Waals surface area contributed by atoms with Crippen molar-refractivity contribution in [2.75, 3.05) is 0 Å². The van der Waals surface area contributed by atoms with Crippen LogP contribution in [0, 0.1) is 0 Å². The molecule has 1 atom stereocenters. The SMILES string of the molecule is CC(O)c1ccc(SCc2ccc(Cl)cc2Cl)cc1. The summed E-state index contributed by atoms with van der Waals surface area (Å²) in [6.07, 6.45) is -0.426. The molecule has 0 radical (unpaired) electrons. The molecule has 2 aromatic carbocycles. The number of aliphatic hydroxyl groups is 1. The van der Waals surface area contributed by atoms with E-state index >= 15 is 0 Å². The first-order valence-corrected chi connectivity index (χ1v) is 7.65. The fourth-order valence-corrected chi connectivity index (χ4v) is 3.10. The van der Waals surface area contributed by atoms with Crippen LogP contribution in [0.5, 0.6) is 0 Å². The van der Waals surface area contributed by atoms with Crippen LogP contribution >= 0.6 is 35.0 Å². The number of hydrogen-bond acceptors (Lipinski definition) is 2. The van der Waals surface area contributed by atoms with Gasteiger partial charge in [-0.2, -0.15) is 0 Å². The normalized spacial score (nSPS) is 12.4. The highest BCUT2D eigenvalue weighted by Crippen LogP contribution is 2.29. The molecule has 19 heavy (non-hydrogen) atoms. The van der Waals surface area contributed by atoms with Gasteiger partial charge in [-0.15, -0.1) is 11.8 Å². The molecule has 100 valence electrons. The molecule has 2 aromatic rings. The maximum Gasteiger partial charge on any atom is 0.0761 e. The van der Waals surface area contributed by atoms with Crippen LogP contribution in [0.15, 0.2) is 47.4 Å². The predicted molar refractivity (Wildman–Crippen MR) is 83.1 cm³/mol. The van der Waals surface area contributed by atoms with Crippen molar-refractivity contribution < 1.29 is 5.11 Å². The van der Waals surface area contributed by atoms with Crippen LogP contribution in [0.25, 0.3) is 0 Å². The van der Waals surface area contributed by atoms with E-state index in [4.69, 9.17) is 23.2 Å². The summed E-state index contributed by atoms with van der Waals surface area (Å²) in [6.45, 7) is 1.76. The van der Waals surface area contributed by atoms with Crippen LogP contribution in [0.1, 0.15) is 24.2 Å². The van der Waals surface area contributed by atoms with Crippen LogP contribution in [0.4, 0.5) is 0 Å². The summed E-state index contributed by atoms with van der Waals surface area (Å²) in [6, 6.07) is 13.5. The lowest BCUT2D eigenvalue weighted by Gasteiger charge is -2.07. The Balaban J connectivity index is 2.02. The van der Waals surface area contributed by atoms with Gasteiger partial charge in [0.05, 0.1) is 6.10 Å². The lowest BCUT2D eigenvalue weighted by atomic mass is 10.1. The van der Waals surface area contributed by atoms with Crippen molar-refractivity contribution in [3.63, 3.8) is 0 Å². The number of rotatable bonds is 4. The molecule has 1 nitrogen and oxygen atoms in total. The molecule has 0 fully saturated rings. The van der Waals surface area contributed by atoms with Crippen molar-refractivity contribution >= 4 is 35.0 Å². The zero-order valence-corrected chi connectivity index (χ0v) is 12.8. The summed E-state index contributed by atoms with van der Waals surface area (Å²) < 4.78 is 0. The molecule has 0 saturated carbocycles. The minimum absolute atomic E-state index is 0.426. The monoisotopic (exact) mass is 312 g/mol. The van der Waals surface area contributed by atoms with Crippen LogP contribution in [-0.2, 0) is 5.75 Å². The van der Waals surface area contributed by atoms with Crippen molar-refractivity contribution in [2.24, 2.45) is 0 Å². The van der Waals surface area contributed by atoms with E-state index in [9.17, 15) is 5.11 Å². The van der Waals surface area contributed by atoms with Gasteiger partial charge in [-0.1, -0.05) is 41.4 Å². The summed E-state index contributed by atoms with van der Waals surface area (Å²) in [7, 11) is 0. The smallest absolute Gasteiger partial charge is 0.0761 e. The molecule has 0 aromatic heterocycles. The van der Waals surface area contributed by atoms with Gasteiger partial charge in [0.25, 0.3) is 0 Å². The van der Waals surface area contributed by atoms with Crippen LogP contribution < -0.4 is 0 Å². The first-order chi connectivity index (χ1) is 9.06. The molecule has 0 aliphatic rings. The van der Waals surface area contributed by atoms with Gasteiger partial charge in [0.2, 0.25) is 0 Å². The Morgan fingerprint density at radius 2 is 1.79 bits per heavy atom. The summed E-state index contributed by atoms with van der Waals surface area (Å²) in [5.41, 5.74) is 1.99. The quantitative estimate of drug-likeness (QED) is 0.769. The third kappa shape index (κ3) is 4.15. The van der Waals surface area contributed by atoms with Crippen molar-refractivity contribution in [1.82, 2.24) is 0 Å². The highest BCUT2D eigenvalue weighted by Gasteiger charge is 2.04. The van der Waals surface area contributed by atoms with E-state index in [0.717, 1.165) is 21.8 Å². The van der Waals surface area contributed by atoms with Crippen molar-refractivity contribution in [1.29, 1.82) is 0 Å². The molecule has 0 saturated heterocycles. The average molecular weight is 313 g/mol. The second kappa shape index (κ2) is 6.67. The molecule has 1 unspecified atom stereocenters. The fraction of sp³-hybridized carbons (Fsp3) is 0.200. The highest BCUT2D eigenvalue weighted by molar-refractivity contribution is 7.98. The van der Waals surface area contributed by atoms with E-state index in [2.05, 4.69) is 0 Å². The molecule has 0 amide bonds.